The van der Waals surface area contributed by atoms with Gasteiger partial charge >= 0.3 is 0 Å². The summed E-state index contributed by atoms with van der Waals surface area (Å²) in [7, 11) is 0. The Labute approximate surface area is 105 Å². The van der Waals surface area contributed by atoms with Crippen LogP contribution in [0.5, 0.6) is 5.75 Å². The van der Waals surface area contributed by atoms with Crippen molar-refractivity contribution in [3.8, 4) is 5.75 Å². The number of ether oxygens (including phenoxy) is 1. The van der Waals surface area contributed by atoms with Gasteiger partial charge in [0.2, 0.25) is 0 Å². The van der Waals surface area contributed by atoms with E-state index < -0.39 is 0 Å². The molecule has 0 fully saturated rings. The van der Waals surface area contributed by atoms with Gasteiger partial charge < -0.3 is 15.8 Å². The molecule has 0 aliphatic carbocycles. The molecule has 1 atom stereocenters. The predicted octanol–water partition coefficient (Wildman–Crippen LogP) is 1.47. The summed E-state index contributed by atoms with van der Waals surface area (Å²) in [6.07, 6.45) is 4.22. The van der Waals surface area contributed by atoms with Crippen LogP contribution in [0.2, 0.25) is 0 Å². The first-order valence-corrected chi connectivity index (χ1v) is 5.87. The fourth-order valence-electron chi connectivity index (χ4n) is 2.05. The molecule has 0 radical (unpaired) electrons. The third kappa shape index (κ3) is 2.20. The highest BCUT2D eigenvalue weighted by atomic mass is 16.5. The number of anilines is 2. The molecule has 0 spiro atoms. The molecule has 5 heteroatoms. The molecule has 0 saturated carbocycles. The molecule has 1 aromatic heterocycles. The normalized spacial score (nSPS) is 17.0. The molecule has 3 rings (SSSR count). The van der Waals surface area contributed by atoms with Crippen molar-refractivity contribution in [2.75, 3.05) is 17.6 Å². The number of nitrogens with one attached hydrogen (secondary N) is 1. The minimum absolute atomic E-state index is 0.130. The quantitative estimate of drug-likeness (QED) is 0.852. The summed E-state index contributed by atoms with van der Waals surface area (Å²) < 4.78 is 5.82. The zero-order valence-electron chi connectivity index (χ0n) is 9.84. The number of nitrogen functional groups attached to an aromatic ring is 1. The topological polar surface area (TPSA) is 73.1 Å². The number of benzene rings is 1. The SMILES string of the molecule is Nc1cncc(NCC2Cc3ccccc3O2)n1. The molecule has 5 nitrogen and oxygen atoms in total. The molecule has 1 unspecified atom stereocenters. The van der Waals surface area contributed by atoms with Crippen molar-refractivity contribution in [2.24, 2.45) is 0 Å². The summed E-state index contributed by atoms with van der Waals surface area (Å²) in [6.45, 7) is 0.687. The summed E-state index contributed by atoms with van der Waals surface area (Å²) in [5.74, 6) is 2.06. The highest BCUT2D eigenvalue weighted by Gasteiger charge is 2.21. The van der Waals surface area contributed by atoms with Crippen LogP contribution in [0, 0.1) is 0 Å². The van der Waals surface area contributed by atoms with Crippen molar-refractivity contribution in [3.63, 3.8) is 0 Å². The van der Waals surface area contributed by atoms with Gasteiger partial charge in [-0.3, -0.25) is 4.98 Å². The second-order valence-corrected chi connectivity index (χ2v) is 4.26. The Kier molecular flexibility index (Phi) is 2.72. The fourth-order valence-corrected chi connectivity index (χ4v) is 2.05. The minimum atomic E-state index is 0.130. The maximum Gasteiger partial charge on any atom is 0.147 e. The number of para-hydroxylation sites is 1. The van der Waals surface area contributed by atoms with Gasteiger partial charge in [-0.2, -0.15) is 0 Å². The van der Waals surface area contributed by atoms with Gasteiger partial charge in [-0.15, -0.1) is 0 Å². The molecule has 2 aromatic rings. The summed E-state index contributed by atoms with van der Waals surface area (Å²) in [6, 6.07) is 8.10. The first-order valence-electron chi connectivity index (χ1n) is 5.87. The van der Waals surface area contributed by atoms with Crippen LogP contribution in [-0.4, -0.2) is 22.6 Å². The molecule has 0 amide bonds. The van der Waals surface area contributed by atoms with Crippen molar-refractivity contribution < 1.29 is 4.74 Å². The molecule has 18 heavy (non-hydrogen) atoms. The zero-order valence-corrected chi connectivity index (χ0v) is 9.84. The Morgan fingerprint density at radius 2 is 2.22 bits per heavy atom. The first-order chi connectivity index (χ1) is 8.81. The largest absolute Gasteiger partial charge is 0.488 e. The van der Waals surface area contributed by atoms with Gasteiger partial charge in [0.1, 0.15) is 23.5 Å². The average Bonchev–Trinajstić information content (AvgIpc) is 2.79. The number of hydrogen-bond donors (Lipinski definition) is 2. The third-order valence-electron chi connectivity index (χ3n) is 2.88. The van der Waals surface area contributed by atoms with Gasteiger partial charge in [-0.05, 0) is 11.6 Å². The van der Waals surface area contributed by atoms with E-state index in [1.54, 1.807) is 6.20 Å². The molecule has 1 aliphatic heterocycles. The zero-order chi connectivity index (χ0) is 12.4. The van der Waals surface area contributed by atoms with E-state index in [1.807, 2.05) is 18.2 Å². The van der Waals surface area contributed by atoms with E-state index in [1.165, 1.54) is 11.8 Å². The molecule has 2 heterocycles. The van der Waals surface area contributed by atoms with E-state index in [9.17, 15) is 0 Å². The van der Waals surface area contributed by atoms with Crippen molar-refractivity contribution in [1.82, 2.24) is 9.97 Å². The molecule has 3 N–H and O–H groups in total. The van der Waals surface area contributed by atoms with Crippen molar-refractivity contribution >= 4 is 11.6 Å². The van der Waals surface area contributed by atoms with Crippen molar-refractivity contribution in [3.05, 3.63) is 42.2 Å². The number of fused-ring (bicyclic) bond motifs is 1. The minimum Gasteiger partial charge on any atom is -0.488 e. The first kappa shape index (κ1) is 10.8. The number of nitrogens with zero attached hydrogens (tertiary/aromatic N) is 2. The van der Waals surface area contributed by atoms with Crippen LogP contribution in [-0.2, 0) is 6.42 Å². The van der Waals surface area contributed by atoms with E-state index in [2.05, 4.69) is 21.4 Å². The summed E-state index contributed by atoms with van der Waals surface area (Å²) in [4.78, 5) is 8.11. The molecule has 0 bridgehead atoms. The Morgan fingerprint density at radius 3 is 3.06 bits per heavy atom. The van der Waals surface area contributed by atoms with Gasteiger partial charge in [-0.25, -0.2) is 4.98 Å². The summed E-state index contributed by atoms with van der Waals surface area (Å²) in [5.41, 5.74) is 6.82. The summed E-state index contributed by atoms with van der Waals surface area (Å²) in [5, 5.41) is 3.18. The van der Waals surface area contributed by atoms with Crippen LogP contribution < -0.4 is 15.8 Å². The molecule has 0 saturated heterocycles. The molecule has 92 valence electrons. The molecular weight excluding hydrogens is 228 g/mol. The van der Waals surface area contributed by atoms with Gasteiger partial charge in [0, 0.05) is 6.42 Å². The number of nitrogens with two attached hydrogens (primary N) is 1. The highest BCUT2D eigenvalue weighted by molar-refractivity contribution is 5.40. The standard InChI is InChI=1S/C13H14N4O/c14-12-7-15-8-13(17-12)16-6-10-5-9-3-1-2-4-11(9)18-10/h1-4,7-8,10H,5-6H2,(H3,14,16,17). The van der Waals surface area contributed by atoms with Crippen LogP contribution in [0.3, 0.4) is 0 Å². The van der Waals surface area contributed by atoms with Gasteiger partial charge in [0.15, 0.2) is 0 Å². The Balaban J connectivity index is 1.60. The van der Waals surface area contributed by atoms with E-state index in [0.29, 0.717) is 18.2 Å². The lowest BCUT2D eigenvalue weighted by Crippen LogP contribution is -2.24. The molecular formula is C13H14N4O. The Bertz CT molecular complexity index is 533. The number of rotatable bonds is 3. The lowest BCUT2D eigenvalue weighted by molar-refractivity contribution is 0.246. The fraction of sp³-hybridized carbons (Fsp3) is 0.231. The highest BCUT2D eigenvalue weighted by Crippen LogP contribution is 2.28. The molecule has 1 aliphatic rings. The second-order valence-electron chi connectivity index (χ2n) is 4.26. The van der Waals surface area contributed by atoms with Gasteiger partial charge in [-0.1, -0.05) is 18.2 Å². The average molecular weight is 242 g/mol. The Morgan fingerprint density at radius 1 is 1.33 bits per heavy atom. The monoisotopic (exact) mass is 242 g/mol. The van der Waals surface area contributed by atoms with E-state index in [0.717, 1.165) is 12.2 Å². The van der Waals surface area contributed by atoms with Crippen LogP contribution >= 0.6 is 0 Å². The maximum atomic E-state index is 5.82. The number of aromatic nitrogens is 2. The van der Waals surface area contributed by atoms with Crippen LogP contribution in [0.4, 0.5) is 11.6 Å². The predicted molar refractivity (Wildman–Crippen MR) is 69.5 cm³/mol. The van der Waals surface area contributed by atoms with Crippen LogP contribution in [0.25, 0.3) is 0 Å². The lowest BCUT2D eigenvalue weighted by Gasteiger charge is -2.12. The van der Waals surface area contributed by atoms with Gasteiger partial charge in [0.25, 0.3) is 0 Å². The van der Waals surface area contributed by atoms with E-state index in [-0.39, 0.29) is 6.10 Å². The van der Waals surface area contributed by atoms with E-state index in [4.69, 9.17) is 10.5 Å². The number of hydrogen-bond acceptors (Lipinski definition) is 5. The molecule has 1 aromatic carbocycles. The van der Waals surface area contributed by atoms with Crippen LogP contribution in [0.15, 0.2) is 36.7 Å². The third-order valence-corrected chi connectivity index (χ3v) is 2.88. The van der Waals surface area contributed by atoms with Gasteiger partial charge in [0.05, 0.1) is 18.9 Å². The summed E-state index contributed by atoms with van der Waals surface area (Å²) >= 11 is 0. The second kappa shape index (κ2) is 4.52. The van der Waals surface area contributed by atoms with Crippen molar-refractivity contribution in [2.45, 2.75) is 12.5 Å². The smallest absolute Gasteiger partial charge is 0.147 e. The maximum absolute atomic E-state index is 5.82. The lowest BCUT2D eigenvalue weighted by atomic mass is 10.1. The van der Waals surface area contributed by atoms with Crippen molar-refractivity contribution in [1.29, 1.82) is 0 Å². The Hall–Kier alpha value is -2.30. The van der Waals surface area contributed by atoms with Crippen LogP contribution in [0.1, 0.15) is 5.56 Å². The van der Waals surface area contributed by atoms with E-state index >= 15 is 0 Å².